The molecule has 1 saturated heterocycles. The van der Waals surface area contributed by atoms with Gasteiger partial charge in [0.15, 0.2) is 6.61 Å². The molecule has 0 radical (unpaired) electrons. The van der Waals surface area contributed by atoms with Crippen LogP contribution in [0.25, 0.3) is 0 Å². The Morgan fingerprint density at radius 3 is 2.48 bits per heavy atom. The fourth-order valence-corrected chi connectivity index (χ4v) is 3.07. The van der Waals surface area contributed by atoms with Crippen molar-refractivity contribution in [3.05, 3.63) is 58.1 Å². The molecular formula is C20H21Cl2N3O2. The zero-order valence-corrected chi connectivity index (χ0v) is 16.6. The zero-order chi connectivity index (χ0) is 19.2. The Morgan fingerprint density at radius 1 is 1.11 bits per heavy atom. The van der Waals surface area contributed by atoms with Gasteiger partial charge in [-0.05, 0) is 67.8 Å². The first-order valence-corrected chi connectivity index (χ1v) is 9.55. The maximum absolute atomic E-state index is 12.0. The van der Waals surface area contributed by atoms with Crippen molar-refractivity contribution in [2.75, 3.05) is 25.1 Å². The molecule has 0 aromatic heterocycles. The predicted octanol–water partition coefficient (Wildman–Crippen LogP) is 4.83. The van der Waals surface area contributed by atoms with Gasteiger partial charge in [0.2, 0.25) is 0 Å². The zero-order valence-electron chi connectivity index (χ0n) is 15.0. The quantitative estimate of drug-likeness (QED) is 0.552. The van der Waals surface area contributed by atoms with E-state index < -0.39 is 0 Å². The minimum atomic E-state index is 0.0418. The van der Waals surface area contributed by atoms with Gasteiger partial charge in [-0.15, -0.1) is 0 Å². The highest BCUT2D eigenvalue weighted by molar-refractivity contribution is 6.42. The summed E-state index contributed by atoms with van der Waals surface area (Å²) in [5, 5.41) is 5.33. The lowest BCUT2D eigenvalue weighted by Gasteiger charge is -2.15. The van der Waals surface area contributed by atoms with Gasteiger partial charge in [0.25, 0.3) is 5.91 Å². The minimum absolute atomic E-state index is 0.0418. The van der Waals surface area contributed by atoms with Crippen LogP contribution in [0.4, 0.5) is 5.69 Å². The van der Waals surface area contributed by atoms with E-state index in [-0.39, 0.29) is 12.5 Å². The highest BCUT2D eigenvalue weighted by Gasteiger charge is 2.18. The maximum atomic E-state index is 12.0. The van der Waals surface area contributed by atoms with Gasteiger partial charge >= 0.3 is 0 Å². The molecule has 27 heavy (non-hydrogen) atoms. The van der Waals surface area contributed by atoms with Crippen molar-refractivity contribution in [3.63, 3.8) is 0 Å². The van der Waals surface area contributed by atoms with E-state index in [0.29, 0.717) is 15.8 Å². The number of amides is 1. The number of rotatable bonds is 6. The highest BCUT2D eigenvalue weighted by Crippen LogP contribution is 2.25. The molecule has 1 N–H and O–H groups in total. The van der Waals surface area contributed by atoms with Crippen molar-refractivity contribution in [1.29, 1.82) is 0 Å². The molecule has 7 heteroatoms. The van der Waals surface area contributed by atoms with E-state index in [0.717, 1.165) is 42.9 Å². The van der Waals surface area contributed by atoms with Crippen LogP contribution in [-0.4, -0.2) is 36.2 Å². The van der Waals surface area contributed by atoms with Crippen LogP contribution in [-0.2, 0) is 4.79 Å². The SMILES string of the molecule is C/C(=N/Nc1ccc(Cl)c(Cl)c1)c1ccc(OCC(=O)N2CCCC2)cc1. The van der Waals surface area contributed by atoms with Crippen LogP contribution in [0.1, 0.15) is 25.3 Å². The summed E-state index contributed by atoms with van der Waals surface area (Å²) in [5.74, 6) is 0.705. The largest absolute Gasteiger partial charge is 0.484 e. The van der Waals surface area contributed by atoms with Crippen molar-refractivity contribution >= 4 is 40.5 Å². The van der Waals surface area contributed by atoms with Gasteiger partial charge in [0.1, 0.15) is 5.75 Å². The second kappa shape index (κ2) is 9.11. The van der Waals surface area contributed by atoms with Gasteiger partial charge in [-0.2, -0.15) is 5.10 Å². The Morgan fingerprint density at radius 2 is 1.81 bits per heavy atom. The number of likely N-dealkylation sites (tertiary alicyclic amines) is 1. The second-order valence-electron chi connectivity index (χ2n) is 6.34. The summed E-state index contributed by atoms with van der Waals surface area (Å²) in [6.45, 7) is 3.65. The van der Waals surface area contributed by atoms with E-state index in [1.807, 2.05) is 36.1 Å². The molecule has 1 aliphatic heterocycles. The molecule has 1 amide bonds. The molecule has 1 aliphatic rings. The first-order valence-electron chi connectivity index (χ1n) is 8.79. The van der Waals surface area contributed by atoms with E-state index in [9.17, 15) is 4.79 Å². The molecule has 5 nitrogen and oxygen atoms in total. The first-order chi connectivity index (χ1) is 13.0. The summed E-state index contributed by atoms with van der Waals surface area (Å²) in [5.41, 5.74) is 5.47. The van der Waals surface area contributed by atoms with Crippen LogP contribution in [0.5, 0.6) is 5.75 Å². The Bertz CT molecular complexity index is 832. The van der Waals surface area contributed by atoms with Gasteiger partial charge < -0.3 is 9.64 Å². The maximum Gasteiger partial charge on any atom is 0.260 e. The molecule has 0 unspecified atom stereocenters. The average Bonchev–Trinajstić information content (AvgIpc) is 3.22. The monoisotopic (exact) mass is 405 g/mol. The Balaban J connectivity index is 1.55. The van der Waals surface area contributed by atoms with Gasteiger partial charge in [-0.3, -0.25) is 10.2 Å². The molecular weight excluding hydrogens is 385 g/mol. The fraction of sp³-hybridized carbons (Fsp3) is 0.300. The van der Waals surface area contributed by atoms with Crippen LogP contribution in [0, 0.1) is 0 Å². The summed E-state index contributed by atoms with van der Waals surface area (Å²) in [7, 11) is 0. The Labute approximate surface area is 168 Å². The fourth-order valence-electron chi connectivity index (χ4n) is 2.77. The van der Waals surface area contributed by atoms with Crippen LogP contribution < -0.4 is 10.2 Å². The smallest absolute Gasteiger partial charge is 0.260 e. The van der Waals surface area contributed by atoms with E-state index in [1.54, 1.807) is 18.2 Å². The number of benzene rings is 2. The van der Waals surface area contributed by atoms with Crippen LogP contribution in [0.2, 0.25) is 10.0 Å². The van der Waals surface area contributed by atoms with Crippen LogP contribution in [0.15, 0.2) is 47.6 Å². The molecule has 1 heterocycles. The topological polar surface area (TPSA) is 53.9 Å². The first kappa shape index (κ1) is 19.5. The predicted molar refractivity (Wildman–Crippen MR) is 110 cm³/mol. The molecule has 2 aromatic rings. The van der Waals surface area contributed by atoms with Crippen molar-refractivity contribution in [2.24, 2.45) is 5.10 Å². The van der Waals surface area contributed by atoms with E-state index in [1.165, 1.54) is 0 Å². The number of anilines is 1. The third-order valence-electron chi connectivity index (χ3n) is 4.37. The number of halogens is 2. The van der Waals surface area contributed by atoms with E-state index in [4.69, 9.17) is 27.9 Å². The molecule has 0 bridgehead atoms. The summed E-state index contributed by atoms with van der Waals surface area (Å²) >= 11 is 11.9. The molecule has 0 saturated carbocycles. The third-order valence-corrected chi connectivity index (χ3v) is 5.10. The number of nitrogens with zero attached hydrogens (tertiary/aromatic N) is 2. The lowest BCUT2D eigenvalue weighted by atomic mass is 10.1. The number of hydrazone groups is 1. The molecule has 2 aromatic carbocycles. The number of nitrogens with one attached hydrogen (secondary N) is 1. The van der Waals surface area contributed by atoms with Gasteiger partial charge in [0.05, 0.1) is 21.4 Å². The summed E-state index contributed by atoms with van der Waals surface area (Å²) in [6, 6.07) is 12.7. The van der Waals surface area contributed by atoms with E-state index >= 15 is 0 Å². The van der Waals surface area contributed by atoms with E-state index in [2.05, 4.69) is 10.5 Å². The molecule has 0 spiro atoms. The number of carbonyl (C=O) groups excluding carboxylic acids is 1. The number of carbonyl (C=O) groups is 1. The van der Waals surface area contributed by atoms with Crippen molar-refractivity contribution in [3.8, 4) is 5.75 Å². The van der Waals surface area contributed by atoms with Crippen molar-refractivity contribution in [2.45, 2.75) is 19.8 Å². The molecule has 142 valence electrons. The molecule has 1 fully saturated rings. The van der Waals surface area contributed by atoms with Crippen molar-refractivity contribution < 1.29 is 9.53 Å². The van der Waals surface area contributed by atoms with Gasteiger partial charge in [-0.25, -0.2) is 0 Å². The van der Waals surface area contributed by atoms with Gasteiger partial charge in [-0.1, -0.05) is 23.2 Å². The van der Waals surface area contributed by atoms with Crippen LogP contribution >= 0.6 is 23.2 Å². The summed E-state index contributed by atoms with van der Waals surface area (Å²) in [4.78, 5) is 13.9. The Kier molecular flexibility index (Phi) is 6.58. The Hall–Kier alpha value is -2.24. The number of hydrogen-bond donors (Lipinski definition) is 1. The molecule has 0 aliphatic carbocycles. The normalized spacial score (nSPS) is 14.3. The number of hydrogen-bond acceptors (Lipinski definition) is 4. The standard InChI is InChI=1S/C20H21Cl2N3O2/c1-14(23-24-16-6-9-18(21)19(22)12-16)15-4-7-17(8-5-15)27-13-20(26)25-10-2-3-11-25/h4-9,12,24H,2-3,10-11,13H2,1H3/b23-14-. The lowest BCUT2D eigenvalue weighted by Crippen LogP contribution is -2.32. The summed E-state index contributed by atoms with van der Waals surface area (Å²) in [6.07, 6.45) is 2.16. The second-order valence-corrected chi connectivity index (χ2v) is 7.15. The molecule has 3 rings (SSSR count). The average molecular weight is 406 g/mol. The van der Waals surface area contributed by atoms with Gasteiger partial charge in [0, 0.05) is 13.1 Å². The minimum Gasteiger partial charge on any atom is -0.484 e. The third kappa shape index (κ3) is 5.37. The van der Waals surface area contributed by atoms with Crippen LogP contribution in [0.3, 0.4) is 0 Å². The number of ether oxygens (including phenoxy) is 1. The van der Waals surface area contributed by atoms with Crippen molar-refractivity contribution in [1.82, 2.24) is 4.90 Å². The molecule has 0 atom stereocenters. The highest BCUT2D eigenvalue weighted by atomic mass is 35.5. The summed E-state index contributed by atoms with van der Waals surface area (Å²) < 4.78 is 5.59. The lowest BCUT2D eigenvalue weighted by molar-refractivity contribution is -0.132.